The summed E-state index contributed by atoms with van der Waals surface area (Å²) >= 11 is 0. The number of carbonyl (C=O) groups excluding carboxylic acids is 1. The summed E-state index contributed by atoms with van der Waals surface area (Å²) in [6, 6.07) is 16.1. The van der Waals surface area contributed by atoms with E-state index in [2.05, 4.69) is 17.4 Å². The van der Waals surface area contributed by atoms with Gasteiger partial charge in [-0.3, -0.25) is 0 Å². The summed E-state index contributed by atoms with van der Waals surface area (Å²) in [6.45, 7) is 8.24. The number of methoxy groups -OCH3 is 2. The third-order valence-electron chi connectivity index (χ3n) is 4.88. The summed E-state index contributed by atoms with van der Waals surface area (Å²) in [5.74, 6) is 1.63. The number of carbonyl (C=O) groups is 1. The van der Waals surface area contributed by atoms with E-state index in [4.69, 9.17) is 18.9 Å². The summed E-state index contributed by atoms with van der Waals surface area (Å²) in [6.07, 6.45) is 1.93. The molecule has 0 saturated heterocycles. The minimum absolute atomic E-state index is 0.337. The van der Waals surface area contributed by atoms with E-state index in [9.17, 15) is 4.79 Å². The highest BCUT2D eigenvalue weighted by Crippen LogP contribution is 2.24. The van der Waals surface area contributed by atoms with Gasteiger partial charge in [-0.15, -0.1) is 0 Å². The maximum absolute atomic E-state index is 12.4. The molecule has 176 valence electrons. The highest BCUT2D eigenvalue weighted by molar-refractivity contribution is 5.68. The Labute approximate surface area is 192 Å². The fraction of sp³-hybridized carbons (Fsp3) is 0.500. The van der Waals surface area contributed by atoms with E-state index in [0.29, 0.717) is 19.6 Å². The van der Waals surface area contributed by atoms with E-state index in [-0.39, 0.29) is 0 Å². The molecule has 0 unspecified atom stereocenters. The monoisotopic (exact) mass is 443 g/mol. The molecule has 0 spiro atoms. The Kier molecular flexibility index (Phi) is 9.54. The molecule has 32 heavy (non-hydrogen) atoms. The summed E-state index contributed by atoms with van der Waals surface area (Å²) in [5.41, 5.74) is 1.13. The quantitative estimate of drug-likeness (QED) is 0.485. The zero-order valence-corrected chi connectivity index (χ0v) is 20.2. The molecule has 0 radical (unpaired) electrons. The summed E-state index contributed by atoms with van der Waals surface area (Å²) in [4.78, 5) is 12.4. The van der Waals surface area contributed by atoms with Gasteiger partial charge >= 0.3 is 6.09 Å². The summed E-state index contributed by atoms with van der Waals surface area (Å²) in [7, 11) is 3.24. The Morgan fingerprint density at radius 2 is 1.59 bits per heavy atom. The molecule has 6 nitrogen and oxygen atoms in total. The fourth-order valence-electron chi connectivity index (χ4n) is 3.56. The average molecular weight is 444 g/mol. The molecule has 1 N–H and O–H groups in total. The van der Waals surface area contributed by atoms with E-state index in [1.54, 1.807) is 14.2 Å². The van der Waals surface area contributed by atoms with Crippen LogP contribution in [0.25, 0.3) is 0 Å². The molecular formula is C26H37NO5. The van der Waals surface area contributed by atoms with E-state index in [0.717, 1.165) is 29.9 Å². The molecule has 0 aliphatic rings. The predicted molar refractivity (Wildman–Crippen MR) is 126 cm³/mol. The first-order valence-electron chi connectivity index (χ1n) is 11.0. The van der Waals surface area contributed by atoms with Crippen LogP contribution in [0.15, 0.2) is 48.5 Å². The smallest absolute Gasteiger partial charge is 0.408 e. The Morgan fingerprint density at radius 1 is 0.938 bits per heavy atom. The van der Waals surface area contributed by atoms with Gasteiger partial charge in [0.05, 0.1) is 18.8 Å². The van der Waals surface area contributed by atoms with Gasteiger partial charge in [0.1, 0.15) is 17.1 Å². The molecule has 0 fully saturated rings. The minimum Gasteiger partial charge on any atom is -0.457 e. The fourth-order valence-corrected chi connectivity index (χ4v) is 3.56. The van der Waals surface area contributed by atoms with Crippen molar-refractivity contribution in [2.24, 2.45) is 0 Å². The van der Waals surface area contributed by atoms with Crippen LogP contribution in [0.1, 0.15) is 44.7 Å². The average Bonchev–Trinajstić information content (AvgIpc) is 2.68. The number of benzene rings is 2. The molecule has 2 aromatic rings. The van der Waals surface area contributed by atoms with Crippen molar-refractivity contribution < 1.29 is 23.7 Å². The van der Waals surface area contributed by atoms with Gasteiger partial charge in [0.2, 0.25) is 0 Å². The first kappa shape index (κ1) is 25.7. The van der Waals surface area contributed by atoms with Crippen LogP contribution in [0.3, 0.4) is 0 Å². The van der Waals surface area contributed by atoms with Gasteiger partial charge in [-0.25, -0.2) is 4.79 Å². The molecule has 0 aliphatic carbocycles. The van der Waals surface area contributed by atoms with Gasteiger partial charge in [0, 0.05) is 14.2 Å². The van der Waals surface area contributed by atoms with Crippen LogP contribution in [0.2, 0.25) is 0 Å². The number of hydrogen-bond donors (Lipinski definition) is 1. The molecule has 0 saturated carbocycles. The van der Waals surface area contributed by atoms with Crippen molar-refractivity contribution in [2.45, 2.75) is 58.1 Å². The Hall–Kier alpha value is -2.57. The number of ether oxygens (including phenoxy) is 4. The molecule has 0 atom stereocenters. The first-order chi connectivity index (χ1) is 15.1. The SMILES string of the molecule is COCC(CCCc1ccc(Oc2cccc(C)c2)cc1)(COC)NC(=O)OC(C)(C)C. The standard InChI is InChI=1S/C26H37NO5/c1-20-9-7-11-23(17-20)31-22-14-12-21(13-15-22)10-8-16-26(18-29-5,19-30-6)27-24(28)32-25(2,3)4/h7,9,11-15,17H,8,10,16,18-19H2,1-6H3,(H,27,28). The predicted octanol–water partition coefficient (Wildman–Crippen LogP) is 5.67. The van der Waals surface area contributed by atoms with Gasteiger partial charge in [-0.2, -0.15) is 0 Å². The zero-order valence-electron chi connectivity index (χ0n) is 20.2. The molecule has 6 heteroatoms. The van der Waals surface area contributed by atoms with Crippen LogP contribution < -0.4 is 10.1 Å². The highest BCUT2D eigenvalue weighted by atomic mass is 16.6. The molecule has 2 rings (SSSR count). The van der Waals surface area contributed by atoms with Crippen LogP contribution in [0, 0.1) is 6.92 Å². The molecule has 1 amide bonds. The van der Waals surface area contributed by atoms with Crippen molar-refractivity contribution in [2.75, 3.05) is 27.4 Å². The van der Waals surface area contributed by atoms with Crippen LogP contribution in [-0.2, 0) is 20.6 Å². The number of rotatable bonds is 11. The molecule has 2 aromatic carbocycles. The highest BCUT2D eigenvalue weighted by Gasteiger charge is 2.33. The molecular weight excluding hydrogens is 406 g/mol. The van der Waals surface area contributed by atoms with Crippen molar-refractivity contribution in [1.29, 1.82) is 0 Å². The Bertz CT molecular complexity index is 836. The van der Waals surface area contributed by atoms with Gasteiger partial charge in [-0.1, -0.05) is 24.3 Å². The second-order valence-corrected chi connectivity index (χ2v) is 9.19. The minimum atomic E-state index is -0.653. The van der Waals surface area contributed by atoms with Crippen molar-refractivity contribution in [3.63, 3.8) is 0 Å². The topological polar surface area (TPSA) is 66.0 Å². The third kappa shape index (κ3) is 8.89. The summed E-state index contributed by atoms with van der Waals surface area (Å²) < 4.78 is 22.2. The van der Waals surface area contributed by atoms with Gasteiger partial charge in [0.15, 0.2) is 0 Å². The number of nitrogens with one attached hydrogen (secondary N) is 1. The molecule has 0 aromatic heterocycles. The zero-order chi connectivity index (χ0) is 23.6. The van der Waals surface area contributed by atoms with E-state index < -0.39 is 17.2 Å². The Morgan fingerprint density at radius 3 is 2.16 bits per heavy atom. The maximum atomic E-state index is 12.4. The lowest BCUT2D eigenvalue weighted by Gasteiger charge is -2.34. The normalized spacial score (nSPS) is 11.8. The van der Waals surface area contributed by atoms with E-state index in [1.165, 1.54) is 5.56 Å². The lowest BCUT2D eigenvalue weighted by molar-refractivity contribution is 0.0111. The number of hydrogen-bond acceptors (Lipinski definition) is 5. The van der Waals surface area contributed by atoms with Crippen LogP contribution in [-0.4, -0.2) is 44.7 Å². The number of aryl methyl sites for hydroxylation is 2. The number of amides is 1. The largest absolute Gasteiger partial charge is 0.457 e. The van der Waals surface area contributed by atoms with E-state index >= 15 is 0 Å². The van der Waals surface area contributed by atoms with Crippen LogP contribution in [0.4, 0.5) is 4.79 Å². The van der Waals surface area contributed by atoms with Crippen LogP contribution >= 0.6 is 0 Å². The van der Waals surface area contributed by atoms with E-state index in [1.807, 2.05) is 64.1 Å². The summed E-state index contributed by atoms with van der Waals surface area (Å²) in [5, 5.41) is 2.98. The Balaban J connectivity index is 1.96. The number of alkyl carbamates (subject to hydrolysis) is 1. The van der Waals surface area contributed by atoms with Gasteiger partial charge in [0.25, 0.3) is 0 Å². The third-order valence-corrected chi connectivity index (χ3v) is 4.88. The lowest BCUT2D eigenvalue weighted by atomic mass is 9.93. The maximum Gasteiger partial charge on any atom is 0.408 e. The van der Waals surface area contributed by atoms with Gasteiger partial charge < -0.3 is 24.3 Å². The van der Waals surface area contributed by atoms with Crippen molar-refractivity contribution >= 4 is 6.09 Å². The van der Waals surface area contributed by atoms with Crippen molar-refractivity contribution in [3.05, 3.63) is 59.7 Å². The molecule has 0 bridgehead atoms. The van der Waals surface area contributed by atoms with Crippen molar-refractivity contribution in [1.82, 2.24) is 5.32 Å². The van der Waals surface area contributed by atoms with Gasteiger partial charge in [-0.05, 0) is 82.3 Å². The second-order valence-electron chi connectivity index (χ2n) is 9.19. The van der Waals surface area contributed by atoms with Crippen LogP contribution in [0.5, 0.6) is 11.5 Å². The second kappa shape index (κ2) is 11.9. The molecule has 0 heterocycles. The lowest BCUT2D eigenvalue weighted by Crippen LogP contribution is -2.56. The molecule has 0 aliphatic heterocycles. The van der Waals surface area contributed by atoms with Crippen molar-refractivity contribution in [3.8, 4) is 11.5 Å². The first-order valence-corrected chi connectivity index (χ1v) is 11.0.